The van der Waals surface area contributed by atoms with E-state index in [1.54, 1.807) is 0 Å². The van der Waals surface area contributed by atoms with E-state index in [0.29, 0.717) is 16.4 Å². The smallest absolute Gasteiger partial charge is 0.180 e. The topological polar surface area (TPSA) is 38.9 Å². The van der Waals surface area contributed by atoms with Crippen molar-refractivity contribution in [3.05, 3.63) is 82.3 Å². The zero-order valence-electron chi connectivity index (χ0n) is 14.0. The highest BCUT2D eigenvalue weighted by molar-refractivity contribution is 9.10. The molecule has 3 nitrogen and oxygen atoms in total. The van der Waals surface area contributed by atoms with Crippen molar-refractivity contribution in [1.82, 2.24) is 9.97 Å². The van der Waals surface area contributed by atoms with Crippen LogP contribution < -0.4 is 0 Å². The average Bonchev–Trinajstić information content (AvgIpc) is 3.08. The Balaban J connectivity index is 1.90. The van der Waals surface area contributed by atoms with E-state index in [4.69, 9.17) is 26.0 Å². The lowest BCUT2D eigenvalue weighted by atomic mass is 10.1. The number of benzene rings is 3. The van der Waals surface area contributed by atoms with Crippen LogP contribution in [0.3, 0.4) is 0 Å². The van der Waals surface area contributed by atoms with Gasteiger partial charge >= 0.3 is 0 Å². The van der Waals surface area contributed by atoms with E-state index in [1.807, 2.05) is 72.8 Å². The Kier molecular flexibility index (Phi) is 3.96. The fourth-order valence-corrected chi connectivity index (χ4v) is 3.74. The number of hydrogen-bond donors (Lipinski definition) is 0. The molecule has 0 aliphatic rings. The van der Waals surface area contributed by atoms with E-state index < -0.39 is 0 Å². The fourth-order valence-electron chi connectivity index (χ4n) is 3.17. The van der Waals surface area contributed by atoms with Gasteiger partial charge in [-0.25, -0.2) is 9.97 Å². The van der Waals surface area contributed by atoms with Crippen LogP contribution in [0, 0.1) is 0 Å². The first-order valence-electron chi connectivity index (χ1n) is 8.41. The average molecular weight is 436 g/mol. The van der Waals surface area contributed by atoms with Gasteiger partial charge in [0.25, 0.3) is 0 Å². The van der Waals surface area contributed by atoms with E-state index in [0.717, 1.165) is 37.8 Å². The van der Waals surface area contributed by atoms with Gasteiger partial charge in [0.1, 0.15) is 16.8 Å². The Morgan fingerprint density at radius 3 is 2.48 bits per heavy atom. The predicted molar refractivity (Wildman–Crippen MR) is 113 cm³/mol. The molecule has 0 amide bonds. The molecule has 0 saturated heterocycles. The molecular weight excluding hydrogens is 424 g/mol. The standard InChI is InChI=1S/C22H12BrClN2O/c23-14-10-11-17(24)16(12-14)22-25-19(13-6-2-1-3-7-13)21-20(26-22)15-8-4-5-9-18(15)27-21/h1-12H. The molecule has 0 radical (unpaired) electrons. The summed E-state index contributed by atoms with van der Waals surface area (Å²) in [6.45, 7) is 0. The number of para-hydroxylation sites is 1. The maximum absolute atomic E-state index is 6.45. The second-order valence-electron chi connectivity index (χ2n) is 6.16. The number of halogens is 2. The van der Waals surface area contributed by atoms with Crippen LogP contribution in [0.4, 0.5) is 0 Å². The van der Waals surface area contributed by atoms with Gasteiger partial charge in [-0.15, -0.1) is 0 Å². The maximum Gasteiger partial charge on any atom is 0.180 e. The SMILES string of the molecule is Clc1ccc(Br)cc1-c1nc(-c2ccccc2)c2oc3ccccc3c2n1. The minimum atomic E-state index is 0.569. The number of aromatic nitrogens is 2. The van der Waals surface area contributed by atoms with Crippen molar-refractivity contribution in [1.29, 1.82) is 0 Å². The van der Waals surface area contributed by atoms with Crippen LogP contribution in [-0.4, -0.2) is 9.97 Å². The first-order valence-corrected chi connectivity index (χ1v) is 9.58. The van der Waals surface area contributed by atoms with Gasteiger partial charge in [-0.05, 0) is 30.3 Å². The first kappa shape index (κ1) is 16.5. The van der Waals surface area contributed by atoms with Crippen LogP contribution in [0.1, 0.15) is 0 Å². The lowest BCUT2D eigenvalue weighted by Gasteiger charge is -2.08. The Morgan fingerprint density at radius 2 is 1.63 bits per heavy atom. The number of nitrogens with zero attached hydrogens (tertiary/aromatic N) is 2. The zero-order chi connectivity index (χ0) is 18.4. The highest BCUT2D eigenvalue weighted by Crippen LogP contribution is 2.37. The molecule has 5 rings (SSSR count). The Bertz CT molecular complexity index is 1300. The third kappa shape index (κ3) is 2.82. The molecule has 0 saturated carbocycles. The highest BCUT2D eigenvalue weighted by Gasteiger charge is 2.18. The Hall–Kier alpha value is -2.69. The van der Waals surface area contributed by atoms with Crippen LogP contribution in [0.5, 0.6) is 0 Å². The second kappa shape index (κ2) is 6.48. The Labute approximate surface area is 168 Å². The normalized spacial score (nSPS) is 11.3. The molecule has 0 N–H and O–H groups in total. The first-order chi connectivity index (χ1) is 13.2. The van der Waals surface area contributed by atoms with Crippen LogP contribution in [0.15, 0.2) is 81.7 Å². The maximum atomic E-state index is 6.45. The van der Waals surface area contributed by atoms with E-state index in [9.17, 15) is 0 Å². The van der Waals surface area contributed by atoms with E-state index >= 15 is 0 Å². The number of fused-ring (bicyclic) bond motifs is 3. The van der Waals surface area contributed by atoms with Crippen LogP contribution in [0.25, 0.3) is 44.7 Å². The number of rotatable bonds is 2. The molecule has 2 heterocycles. The third-order valence-electron chi connectivity index (χ3n) is 4.44. The molecule has 5 heteroatoms. The summed E-state index contributed by atoms with van der Waals surface area (Å²) in [6, 6.07) is 23.5. The second-order valence-corrected chi connectivity index (χ2v) is 7.48. The van der Waals surface area contributed by atoms with Gasteiger partial charge in [0.05, 0.1) is 5.02 Å². The van der Waals surface area contributed by atoms with E-state index in [2.05, 4.69) is 15.9 Å². The quantitative estimate of drug-likeness (QED) is 0.296. The molecule has 3 aromatic carbocycles. The lowest BCUT2D eigenvalue weighted by Crippen LogP contribution is -1.94. The molecule has 0 fully saturated rings. The molecule has 0 aliphatic heterocycles. The van der Waals surface area contributed by atoms with E-state index in [1.165, 1.54) is 0 Å². The number of furan rings is 1. The summed E-state index contributed by atoms with van der Waals surface area (Å²) in [5, 5.41) is 1.56. The molecular formula is C22H12BrClN2O. The summed E-state index contributed by atoms with van der Waals surface area (Å²) in [4.78, 5) is 9.64. The van der Waals surface area contributed by atoms with Crippen LogP contribution in [0.2, 0.25) is 5.02 Å². The Morgan fingerprint density at radius 1 is 0.852 bits per heavy atom. The summed E-state index contributed by atoms with van der Waals surface area (Å²) >= 11 is 9.95. The van der Waals surface area contributed by atoms with Gasteiger partial charge in [-0.3, -0.25) is 0 Å². The highest BCUT2D eigenvalue weighted by atomic mass is 79.9. The van der Waals surface area contributed by atoms with Gasteiger partial charge in [-0.1, -0.05) is 70.0 Å². The summed E-state index contributed by atoms with van der Waals surface area (Å²) in [6.07, 6.45) is 0. The van der Waals surface area contributed by atoms with Gasteiger partial charge in [0.2, 0.25) is 0 Å². The predicted octanol–water partition coefficient (Wildman–Crippen LogP) is 7.13. The van der Waals surface area contributed by atoms with Gasteiger partial charge in [0.15, 0.2) is 11.4 Å². The van der Waals surface area contributed by atoms with Gasteiger partial charge in [0, 0.05) is 21.0 Å². The summed E-state index contributed by atoms with van der Waals surface area (Å²) in [5.41, 5.74) is 4.74. The summed E-state index contributed by atoms with van der Waals surface area (Å²) in [7, 11) is 0. The van der Waals surface area contributed by atoms with Crippen molar-refractivity contribution in [3.8, 4) is 22.6 Å². The molecule has 0 atom stereocenters. The molecule has 0 unspecified atom stereocenters. The molecule has 5 aromatic rings. The minimum absolute atomic E-state index is 0.569. The van der Waals surface area contributed by atoms with Crippen molar-refractivity contribution in [2.24, 2.45) is 0 Å². The minimum Gasteiger partial charge on any atom is -0.452 e. The molecule has 2 aromatic heterocycles. The van der Waals surface area contributed by atoms with Crippen molar-refractivity contribution in [2.75, 3.05) is 0 Å². The largest absolute Gasteiger partial charge is 0.452 e. The lowest BCUT2D eigenvalue weighted by molar-refractivity contribution is 0.667. The third-order valence-corrected chi connectivity index (χ3v) is 5.26. The molecule has 130 valence electrons. The monoisotopic (exact) mass is 434 g/mol. The molecule has 0 bridgehead atoms. The van der Waals surface area contributed by atoms with Crippen LogP contribution >= 0.6 is 27.5 Å². The van der Waals surface area contributed by atoms with Crippen molar-refractivity contribution in [3.63, 3.8) is 0 Å². The number of hydrogen-bond acceptors (Lipinski definition) is 3. The molecule has 0 spiro atoms. The van der Waals surface area contributed by atoms with Gasteiger partial charge < -0.3 is 4.42 Å². The van der Waals surface area contributed by atoms with Crippen molar-refractivity contribution < 1.29 is 4.42 Å². The zero-order valence-corrected chi connectivity index (χ0v) is 16.3. The summed E-state index contributed by atoms with van der Waals surface area (Å²) < 4.78 is 7.04. The van der Waals surface area contributed by atoms with E-state index in [-0.39, 0.29) is 0 Å². The summed E-state index contributed by atoms with van der Waals surface area (Å²) in [5.74, 6) is 0.569. The van der Waals surface area contributed by atoms with Crippen LogP contribution in [-0.2, 0) is 0 Å². The van der Waals surface area contributed by atoms with Gasteiger partial charge in [-0.2, -0.15) is 0 Å². The fraction of sp³-hybridized carbons (Fsp3) is 0. The van der Waals surface area contributed by atoms with Crippen molar-refractivity contribution in [2.45, 2.75) is 0 Å². The molecule has 27 heavy (non-hydrogen) atoms. The molecule has 0 aliphatic carbocycles. The van der Waals surface area contributed by atoms with Crippen molar-refractivity contribution >= 4 is 49.6 Å².